The highest BCUT2D eigenvalue weighted by Crippen LogP contribution is 2.29. The van der Waals surface area contributed by atoms with Crippen molar-refractivity contribution in [2.45, 2.75) is 139 Å². The summed E-state index contributed by atoms with van der Waals surface area (Å²) >= 11 is 0. The first kappa shape index (κ1) is 46.5. The Morgan fingerprint density at radius 1 is 0.519 bits per heavy atom. The molecule has 54 heavy (non-hydrogen) atoms. The minimum Gasteiger partial charge on any atom is -0.480 e. The minimum absolute atomic E-state index is 0.0119. The molecule has 2 aliphatic carbocycles. The minimum atomic E-state index is -1.23. The van der Waals surface area contributed by atoms with Gasteiger partial charge in [0, 0.05) is 24.3 Å². The summed E-state index contributed by atoms with van der Waals surface area (Å²) in [5.74, 6) is -8.26. The lowest BCUT2D eigenvalue weighted by Gasteiger charge is -2.30. The van der Waals surface area contributed by atoms with Crippen LogP contribution in [-0.4, -0.2) is 116 Å². The van der Waals surface area contributed by atoms with Gasteiger partial charge in [0.15, 0.2) is 0 Å². The van der Waals surface area contributed by atoms with E-state index in [1.165, 1.54) is 0 Å². The van der Waals surface area contributed by atoms with Gasteiger partial charge in [-0.2, -0.15) is 0 Å². The average Bonchev–Trinajstić information content (AvgIpc) is 3.13. The van der Waals surface area contributed by atoms with Crippen LogP contribution < -0.4 is 32.7 Å². The molecule has 0 saturated heterocycles. The van der Waals surface area contributed by atoms with E-state index in [0.717, 1.165) is 60.1 Å². The molecule has 0 aliphatic heterocycles. The Morgan fingerprint density at radius 3 is 1.15 bits per heavy atom. The van der Waals surface area contributed by atoms with E-state index in [0.29, 0.717) is 25.7 Å². The second-order valence-electron chi connectivity index (χ2n) is 13.9. The fourth-order valence-electron chi connectivity index (χ4n) is 6.55. The Balaban J connectivity index is 2.15. The third-order valence-corrected chi connectivity index (χ3v) is 12.1. The summed E-state index contributed by atoms with van der Waals surface area (Å²) in [5, 5.41) is 48.2. The van der Waals surface area contributed by atoms with Gasteiger partial charge in [0.2, 0.25) is 23.6 Å². The maximum absolute atomic E-state index is 13.5. The molecule has 4 amide bonds. The molecule has 0 aromatic rings. The number of carbonyl (C=O) groups excluding carboxylic acids is 4. The SMILES string of the molecule is N[C@@H](CCCC(=O)N[C@@H](CSSC[C@H](NC(=O)CCC[C@H](N)C(=O)O)C(=O)N[C@@H](C(=O)O)C1CCCCC1)C(=O)N[C@@H](C(=O)O)C1CCCCC1)C(=O)O. The van der Waals surface area contributed by atoms with Crippen LogP contribution in [0.1, 0.15) is 103 Å². The number of aliphatic carboxylic acids is 4. The number of hydrogen-bond acceptors (Lipinski definition) is 12. The maximum Gasteiger partial charge on any atom is 0.326 e. The van der Waals surface area contributed by atoms with Gasteiger partial charge in [-0.1, -0.05) is 60.1 Å². The summed E-state index contributed by atoms with van der Waals surface area (Å²) in [6.07, 6.45) is 7.66. The van der Waals surface area contributed by atoms with Crippen molar-refractivity contribution in [3.05, 3.63) is 0 Å². The van der Waals surface area contributed by atoms with Gasteiger partial charge in [0.05, 0.1) is 0 Å². The molecule has 306 valence electrons. The van der Waals surface area contributed by atoms with E-state index in [9.17, 15) is 48.6 Å². The van der Waals surface area contributed by atoms with Crippen LogP contribution in [0.2, 0.25) is 0 Å². The second-order valence-corrected chi connectivity index (χ2v) is 16.5. The summed E-state index contributed by atoms with van der Waals surface area (Å²) in [5.41, 5.74) is 11.0. The number of carboxylic acids is 4. The molecule has 2 saturated carbocycles. The first-order valence-electron chi connectivity index (χ1n) is 18.5. The van der Waals surface area contributed by atoms with Crippen molar-refractivity contribution in [1.29, 1.82) is 0 Å². The van der Waals surface area contributed by atoms with E-state index in [4.69, 9.17) is 21.7 Å². The topological polar surface area (TPSA) is 318 Å². The summed E-state index contributed by atoms with van der Waals surface area (Å²) in [6.45, 7) is 0. The smallest absolute Gasteiger partial charge is 0.326 e. The zero-order valence-electron chi connectivity index (χ0n) is 30.4. The molecule has 0 unspecified atom stereocenters. The van der Waals surface area contributed by atoms with Gasteiger partial charge in [0.25, 0.3) is 0 Å². The maximum atomic E-state index is 13.5. The number of nitrogens with two attached hydrogens (primary N) is 2. The Kier molecular flexibility index (Phi) is 21.3. The number of carbonyl (C=O) groups is 8. The van der Waals surface area contributed by atoms with Gasteiger partial charge in [0.1, 0.15) is 36.3 Å². The molecule has 0 aromatic carbocycles. The zero-order chi connectivity index (χ0) is 40.2. The molecule has 0 aromatic heterocycles. The highest BCUT2D eigenvalue weighted by Gasteiger charge is 2.35. The van der Waals surface area contributed by atoms with Crippen LogP contribution in [0.15, 0.2) is 0 Å². The molecule has 0 heterocycles. The molecule has 12 N–H and O–H groups in total. The van der Waals surface area contributed by atoms with Gasteiger partial charge in [-0.15, -0.1) is 0 Å². The van der Waals surface area contributed by atoms with E-state index in [2.05, 4.69) is 21.3 Å². The van der Waals surface area contributed by atoms with E-state index in [-0.39, 0.29) is 61.9 Å². The first-order chi connectivity index (χ1) is 25.6. The largest absolute Gasteiger partial charge is 0.480 e. The summed E-state index contributed by atoms with van der Waals surface area (Å²) in [7, 11) is 2.11. The van der Waals surface area contributed by atoms with Crippen molar-refractivity contribution in [3.8, 4) is 0 Å². The monoisotopic (exact) mass is 804 g/mol. The van der Waals surface area contributed by atoms with Crippen LogP contribution in [0.3, 0.4) is 0 Å². The van der Waals surface area contributed by atoms with Crippen molar-refractivity contribution in [1.82, 2.24) is 21.3 Å². The second kappa shape index (κ2) is 24.7. The first-order valence-corrected chi connectivity index (χ1v) is 21.0. The number of rotatable bonds is 25. The Hall–Kier alpha value is -3.62. The van der Waals surface area contributed by atoms with Crippen LogP contribution in [0.25, 0.3) is 0 Å². The normalized spacial score (nSPS) is 18.5. The Labute approximate surface area is 322 Å². The van der Waals surface area contributed by atoms with Crippen LogP contribution >= 0.6 is 21.6 Å². The van der Waals surface area contributed by atoms with Crippen molar-refractivity contribution in [2.24, 2.45) is 23.3 Å². The molecule has 2 aliphatic rings. The third kappa shape index (κ3) is 17.2. The number of carboxylic acid groups (broad SMARTS) is 4. The summed E-state index contributed by atoms with van der Waals surface area (Å²) in [6, 6.07) is -7.14. The van der Waals surface area contributed by atoms with Crippen LogP contribution in [0, 0.1) is 11.8 Å². The standard InChI is InChI=1S/C34H56N6O12S2/c35-21(31(45)46)13-7-15-25(41)37-23(29(43)39-27(33(49)50)19-9-3-1-4-10-19)17-53-54-18-24(38-26(42)16-8-14-22(36)32(47)48)30(44)40-28(34(51)52)20-11-5-2-6-12-20/h19-24,27-28H,1-18,35-36H2,(H,37,41)(H,38,42)(H,39,43)(H,40,44)(H,45,46)(H,47,48)(H,49,50)(H,51,52)/t21-,22-,23-,24-,27+,28+/m0/s1. The lowest BCUT2D eigenvalue weighted by molar-refractivity contribution is -0.144. The van der Waals surface area contributed by atoms with Gasteiger partial charge in [-0.3, -0.25) is 28.8 Å². The quantitative estimate of drug-likeness (QED) is 0.0451. The van der Waals surface area contributed by atoms with Crippen LogP contribution in [0.4, 0.5) is 0 Å². The summed E-state index contributed by atoms with van der Waals surface area (Å²) in [4.78, 5) is 99.0. The van der Waals surface area contributed by atoms with Gasteiger partial charge in [-0.05, 0) is 63.2 Å². The van der Waals surface area contributed by atoms with Gasteiger partial charge < -0.3 is 53.2 Å². The fraction of sp³-hybridized carbons (Fsp3) is 0.765. The lowest BCUT2D eigenvalue weighted by atomic mass is 9.84. The van der Waals surface area contributed by atoms with Crippen molar-refractivity contribution in [3.63, 3.8) is 0 Å². The van der Waals surface area contributed by atoms with Crippen molar-refractivity contribution in [2.75, 3.05) is 11.5 Å². The molecule has 2 rings (SSSR count). The molecule has 2 fully saturated rings. The van der Waals surface area contributed by atoms with Gasteiger partial charge in [-0.25, -0.2) is 9.59 Å². The van der Waals surface area contributed by atoms with Crippen molar-refractivity contribution >= 4 is 69.1 Å². The van der Waals surface area contributed by atoms with Gasteiger partial charge >= 0.3 is 23.9 Å². The highest BCUT2D eigenvalue weighted by molar-refractivity contribution is 8.76. The van der Waals surface area contributed by atoms with Crippen molar-refractivity contribution < 1.29 is 58.8 Å². The third-order valence-electron chi connectivity index (χ3n) is 9.70. The predicted molar refractivity (Wildman–Crippen MR) is 200 cm³/mol. The highest BCUT2D eigenvalue weighted by atomic mass is 33.1. The molecular formula is C34H56N6O12S2. The average molecular weight is 805 g/mol. The Morgan fingerprint density at radius 2 is 0.852 bits per heavy atom. The molecule has 20 heteroatoms. The zero-order valence-corrected chi connectivity index (χ0v) is 32.0. The number of hydrogen-bond donors (Lipinski definition) is 10. The molecule has 0 bridgehead atoms. The number of nitrogens with one attached hydrogen (secondary N) is 4. The molecule has 0 radical (unpaired) electrons. The molecule has 18 nitrogen and oxygen atoms in total. The van der Waals surface area contributed by atoms with Crippen LogP contribution in [-0.2, 0) is 38.4 Å². The summed E-state index contributed by atoms with van der Waals surface area (Å²) < 4.78 is 0. The molecular weight excluding hydrogens is 749 g/mol. The predicted octanol–water partition coefficient (Wildman–Crippen LogP) is 0.801. The van der Waals surface area contributed by atoms with E-state index < -0.39 is 83.8 Å². The molecule has 0 spiro atoms. The van der Waals surface area contributed by atoms with E-state index >= 15 is 0 Å². The lowest BCUT2D eigenvalue weighted by Crippen LogP contribution is -2.55. The molecule has 6 atom stereocenters. The number of amides is 4. The fourth-order valence-corrected chi connectivity index (χ4v) is 8.88. The Bertz CT molecular complexity index is 1200. The van der Waals surface area contributed by atoms with E-state index in [1.807, 2.05) is 0 Å². The van der Waals surface area contributed by atoms with Crippen LogP contribution in [0.5, 0.6) is 0 Å². The van der Waals surface area contributed by atoms with E-state index in [1.54, 1.807) is 0 Å².